The number of aliphatic hydroxyl groups excluding tert-OH is 1. The number of halogens is 1. The molecule has 0 spiro atoms. The molecule has 3 rings (SSSR count). The molecule has 1 aromatic rings. The maximum atomic E-state index is 9.71. The van der Waals surface area contributed by atoms with Crippen molar-refractivity contribution in [3.63, 3.8) is 0 Å². The van der Waals surface area contributed by atoms with E-state index in [0.29, 0.717) is 0 Å². The Kier molecular flexibility index (Phi) is 3.86. The highest BCUT2D eigenvalue weighted by molar-refractivity contribution is 9.10. The summed E-state index contributed by atoms with van der Waals surface area (Å²) in [6.45, 7) is 3.00. The highest BCUT2D eigenvalue weighted by Gasteiger charge is 2.35. The van der Waals surface area contributed by atoms with Crippen LogP contribution in [0.15, 0.2) is 22.7 Å². The zero-order valence-electron chi connectivity index (χ0n) is 11.5. The normalized spacial score (nSPS) is 28.3. The number of aliphatic hydroxyl groups is 1. The molecule has 104 valence electrons. The fraction of sp³-hybridized carbons (Fsp3) is 0.625. The van der Waals surface area contributed by atoms with Crippen LogP contribution >= 0.6 is 15.9 Å². The van der Waals surface area contributed by atoms with Crippen molar-refractivity contribution >= 4 is 21.6 Å². The van der Waals surface area contributed by atoms with Gasteiger partial charge in [0.15, 0.2) is 0 Å². The molecule has 3 heteroatoms. The third-order valence-electron chi connectivity index (χ3n) is 4.76. The minimum Gasteiger partial charge on any atom is -0.389 e. The molecule has 0 radical (unpaired) electrons. The highest BCUT2D eigenvalue weighted by atomic mass is 79.9. The minimum atomic E-state index is -0.413. The van der Waals surface area contributed by atoms with E-state index in [2.05, 4.69) is 39.0 Å². The van der Waals surface area contributed by atoms with Gasteiger partial charge in [-0.1, -0.05) is 28.4 Å². The van der Waals surface area contributed by atoms with Gasteiger partial charge < -0.3 is 10.0 Å². The molecule has 1 N–H and O–H groups in total. The first-order valence-corrected chi connectivity index (χ1v) is 8.20. The summed E-state index contributed by atoms with van der Waals surface area (Å²) in [7, 11) is 0. The summed E-state index contributed by atoms with van der Waals surface area (Å²) in [5, 5.41) is 9.71. The Bertz CT molecular complexity index is 460. The Morgan fingerprint density at radius 2 is 2.05 bits per heavy atom. The quantitative estimate of drug-likeness (QED) is 0.878. The largest absolute Gasteiger partial charge is 0.389 e. The lowest BCUT2D eigenvalue weighted by molar-refractivity contribution is 0.198. The van der Waals surface area contributed by atoms with Crippen molar-refractivity contribution in [1.82, 2.24) is 0 Å². The molecule has 0 aromatic heterocycles. The molecule has 1 heterocycles. The van der Waals surface area contributed by atoms with Crippen LogP contribution in [0.25, 0.3) is 0 Å². The van der Waals surface area contributed by atoms with Crippen molar-refractivity contribution in [1.29, 1.82) is 0 Å². The van der Waals surface area contributed by atoms with Gasteiger partial charge in [0.2, 0.25) is 0 Å². The van der Waals surface area contributed by atoms with E-state index in [-0.39, 0.29) is 0 Å². The number of piperidine rings is 1. The summed E-state index contributed by atoms with van der Waals surface area (Å²) in [4.78, 5) is 2.59. The third-order valence-corrected chi connectivity index (χ3v) is 5.45. The first-order valence-electron chi connectivity index (χ1n) is 7.41. The van der Waals surface area contributed by atoms with Crippen molar-refractivity contribution in [3.05, 3.63) is 28.2 Å². The van der Waals surface area contributed by atoms with E-state index in [1.54, 1.807) is 0 Å². The van der Waals surface area contributed by atoms with E-state index >= 15 is 0 Å². The van der Waals surface area contributed by atoms with Crippen LogP contribution in [0.4, 0.5) is 5.69 Å². The molecule has 2 nitrogen and oxygen atoms in total. The topological polar surface area (TPSA) is 23.5 Å². The second-order valence-corrected chi connectivity index (χ2v) is 6.83. The summed E-state index contributed by atoms with van der Waals surface area (Å²) >= 11 is 3.60. The van der Waals surface area contributed by atoms with Crippen LogP contribution in [0.1, 0.15) is 50.7 Å². The molecule has 1 saturated heterocycles. The predicted octanol–water partition coefficient (Wildman–Crippen LogP) is 4.27. The molecule has 0 bridgehead atoms. The Hall–Kier alpha value is -0.540. The first kappa shape index (κ1) is 13.4. The van der Waals surface area contributed by atoms with Gasteiger partial charge in [-0.05, 0) is 56.2 Å². The SMILES string of the molecule is C[C@H](O)c1ccc(N2CCCC3CCCC32)cc1Br. The van der Waals surface area contributed by atoms with Crippen LogP contribution in [0.5, 0.6) is 0 Å². The first-order chi connectivity index (χ1) is 9.16. The van der Waals surface area contributed by atoms with Crippen molar-refractivity contribution < 1.29 is 5.11 Å². The second-order valence-electron chi connectivity index (χ2n) is 5.98. The number of hydrogen-bond acceptors (Lipinski definition) is 2. The molecule has 1 saturated carbocycles. The summed E-state index contributed by atoms with van der Waals surface area (Å²) in [6, 6.07) is 7.16. The predicted molar refractivity (Wildman–Crippen MR) is 82.5 cm³/mol. The maximum Gasteiger partial charge on any atom is 0.0772 e. The fourth-order valence-corrected chi connectivity index (χ4v) is 4.51. The molecular weight excluding hydrogens is 302 g/mol. The summed E-state index contributed by atoms with van der Waals surface area (Å²) in [5.41, 5.74) is 2.29. The summed E-state index contributed by atoms with van der Waals surface area (Å²) < 4.78 is 1.03. The number of rotatable bonds is 2. The molecular formula is C16H22BrNO. The van der Waals surface area contributed by atoms with Gasteiger partial charge >= 0.3 is 0 Å². The van der Waals surface area contributed by atoms with Gasteiger partial charge in [-0.3, -0.25) is 0 Å². The van der Waals surface area contributed by atoms with E-state index in [9.17, 15) is 5.11 Å². The zero-order chi connectivity index (χ0) is 13.4. The summed E-state index contributed by atoms with van der Waals surface area (Å²) in [6.07, 6.45) is 6.46. The van der Waals surface area contributed by atoms with Crippen molar-refractivity contribution in [2.75, 3.05) is 11.4 Å². The van der Waals surface area contributed by atoms with E-state index in [4.69, 9.17) is 0 Å². The Balaban J connectivity index is 1.87. The van der Waals surface area contributed by atoms with Gasteiger partial charge in [-0.25, -0.2) is 0 Å². The average Bonchev–Trinajstić information content (AvgIpc) is 2.86. The molecule has 2 unspecified atom stereocenters. The van der Waals surface area contributed by atoms with Crippen LogP contribution in [-0.4, -0.2) is 17.7 Å². The Morgan fingerprint density at radius 3 is 2.79 bits per heavy atom. The third kappa shape index (κ3) is 2.55. The lowest BCUT2D eigenvalue weighted by Crippen LogP contribution is -2.42. The average molecular weight is 324 g/mol. The standard InChI is InChI=1S/C16H22BrNO/c1-11(19)14-8-7-13(10-15(14)17)18-9-3-5-12-4-2-6-16(12)18/h7-8,10-12,16,19H,2-6,9H2,1H3/t11-,12?,16?/m0/s1. The van der Waals surface area contributed by atoms with Gasteiger partial charge in [-0.2, -0.15) is 0 Å². The number of hydrogen-bond donors (Lipinski definition) is 1. The zero-order valence-corrected chi connectivity index (χ0v) is 13.1. The minimum absolute atomic E-state index is 0.413. The van der Waals surface area contributed by atoms with Crippen molar-refractivity contribution in [2.24, 2.45) is 5.92 Å². The van der Waals surface area contributed by atoms with E-state index < -0.39 is 6.10 Å². The molecule has 2 fully saturated rings. The monoisotopic (exact) mass is 323 g/mol. The maximum absolute atomic E-state index is 9.71. The molecule has 0 amide bonds. The fourth-order valence-electron chi connectivity index (χ4n) is 3.81. The van der Waals surface area contributed by atoms with Gasteiger partial charge in [0.05, 0.1) is 6.10 Å². The van der Waals surface area contributed by atoms with Gasteiger partial charge in [0.1, 0.15) is 0 Å². The summed E-state index contributed by atoms with van der Waals surface area (Å²) in [5.74, 6) is 0.906. The highest BCUT2D eigenvalue weighted by Crippen LogP contribution is 2.40. The van der Waals surface area contributed by atoms with Crippen LogP contribution in [0.3, 0.4) is 0 Å². The Morgan fingerprint density at radius 1 is 1.26 bits per heavy atom. The lowest BCUT2D eigenvalue weighted by Gasteiger charge is -2.39. The molecule has 1 aliphatic carbocycles. The second kappa shape index (κ2) is 5.45. The smallest absolute Gasteiger partial charge is 0.0772 e. The van der Waals surface area contributed by atoms with Crippen molar-refractivity contribution in [2.45, 2.75) is 51.2 Å². The van der Waals surface area contributed by atoms with Crippen LogP contribution in [-0.2, 0) is 0 Å². The van der Waals surface area contributed by atoms with Crippen LogP contribution < -0.4 is 4.90 Å². The molecule has 2 aliphatic rings. The van der Waals surface area contributed by atoms with E-state index in [1.165, 1.54) is 44.3 Å². The molecule has 3 atom stereocenters. The van der Waals surface area contributed by atoms with Crippen molar-refractivity contribution in [3.8, 4) is 0 Å². The van der Waals surface area contributed by atoms with E-state index in [1.807, 2.05) is 6.92 Å². The molecule has 19 heavy (non-hydrogen) atoms. The number of anilines is 1. The van der Waals surface area contributed by atoms with Crippen LogP contribution in [0.2, 0.25) is 0 Å². The molecule has 1 aromatic carbocycles. The number of fused-ring (bicyclic) bond motifs is 1. The Labute approximate surface area is 123 Å². The lowest BCUT2D eigenvalue weighted by atomic mass is 9.91. The van der Waals surface area contributed by atoms with Gasteiger partial charge in [0, 0.05) is 22.7 Å². The number of benzene rings is 1. The van der Waals surface area contributed by atoms with Crippen LogP contribution in [0, 0.1) is 5.92 Å². The number of nitrogens with zero attached hydrogens (tertiary/aromatic N) is 1. The van der Waals surface area contributed by atoms with Gasteiger partial charge in [-0.15, -0.1) is 0 Å². The van der Waals surface area contributed by atoms with Gasteiger partial charge in [0.25, 0.3) is 0 Å². The molecule has 1 aliphatic heterocycles. The van der Waals surface area contributed by atoms with E-state index in [0.717, 1.165) is 22.0 Å².